The number of hydrogen-bond donors (Lipinski definition) is 0. The molecule has 0 saturated heterocycles. The molecule has 2 heteroatoms. The number of hydrogen-bond acceptors (Lipinski definition) is 1. The van der Waals surface area contributed by atoms with E-state index in [4.69, 9.17) is 18.0 Å². The summed E-state index contributed by atoms with van der Waals surface area (Å²) in [5.41, 5.74) is 0.572. The molecule has 1 aromatic rings. The largest absolute Gasteiger partial charge is 0.248 e. The maximum atomic E-state index is 5.59. The SMILES string of the molecule is C#Cc1cc(Cl)ccn1. The van der Waals surface area contributed by atoms with Gasteiger partial charge in [0.05, 0.1) is 0 Å². The smallest absolute Gasteiger partial charge is 0.114 e. The van der Waals surface area contributed by atoms with Gasteiger partial charge in [-0.3, -0.25) is 0 Å². The molecule has 0 amide bonds. The predicted octanol–water partition coefficient (Wildman–Crippen LogP) is 1.72. The molecular formula is C7H4ClN. The first-order valence-corrected chi connectivity index (χ1v) is 2.79. The van der Waals surface area contributed by atoms with E-state index < -0.39 is 0 Å². The minimum Gasteiger partial charge on any atom is -0.248 e. The standard InChI is InChI=1S/C7H4ClN/c1-2-7-5-6(8)3-4-9-7/h1,3-5H. The average Bonchev–Trinajstić information content (AvgIpc) is 1.88. The third-order valence-corrected chi connectivity index (χ3v) is 1.10. The highest BCUT2D eigenvalue weighted by molar-refractivity contribution is 6.30. The Bertz CT molecular complexity index is 249. The molecule has 9 heavy (non-hydrogen) atoms. The summed E-state index contributed by atoms with van der Waals surface area (Å²) in [6, 6.07) is 3.32. The summed E-state index contributed by atoms with van der Waals surface area (Å²) in [4.78, 5) is 3.84. The lowest BCUT2D eigenvalue weighted by Gasteiger charge is -1.87. The summed E-state index contributed by atoms with van der Waals surface area (Å²) in [5.74, 6) is 2.37. The van der Waals surface area contributed by atoms with Crippen LogP contribution in [0.15, 0.2) is 18.3 Å². The molecule has 1 aromatic heterocycles. The van der Waals surface area contributed by atoms with E-state index in [0.717, 1.165) is 0 Å². The molecule has 0 bridgehead atoms. The van der Waals surface area contributed by atoms with E-state index in [1.54, 1.807) is 18.3 Å². The van der Waals surface area contributed by atoms with E-state index in [2.05, 4.69) is 10.9 Å². The Balaban J connectivity index is 3.12. The zero-order chi connectivity index (χ0) is 6.69. The van der Waals surface area contributed by atoms with Gasteiger partial charge in [0, 0.05) is 11.2 Å². The Morgan fingerprint density at radius 2 is 2.44 bits per heavy atom. The lowest BCUT2D eigenvalue weighted by molar-refractivity contribution is 1.29. The van der Waals surface area contributed by atoms with Crippen molar-refractivity contribution in [3.05, 3.63) is 29.0 Å². The number of aromatic nitrogens is 1. The van der Waals surface area contributed by atoms with Gasteiger partial charge in [-0.15, -0.1) is 6.42 Å². The third kappa shape index (κ3) is 1.45. The van der Waals surface area contributed by atoms with E-state index in [1.807, 2.05) is 0 Å². The fourth-order valence-corrected chi connectivity index (χ4v) is 0.643. The zero-order valence-electron chi connectivity index (χ0n) is 4.63. The Morgan fingerprint density at radius 1 is 1.67 bits per heavy atom. The lowest BCUT2D eigenvalue weighted by atomic mass is 10.4. The van der Waals surface area contributed by atoms with Gasteiger partial charge in [0.15, 0.2) is 0 Å². The maximum absolute atomic E-state index is 5.59. The summed E-state index contributed by atoms with van der Waals surface area (Å²) >= 11 is 5.59. The highest BCUT2D eigenvalue weighted by Gasteiger charge is 1.87. The molecule has 0 aliphatic carbocycles. The average molecular weight is 138 g/mol. The minimum absolute atomic E-state index is 0.572. The Hall–Kier alpha value is -1.00. The van der Waals surface area contributed by atoms with Crippen molar-refractivity contribution in [3.8, 4) is 12.3 Å². The molecule has 1 rings (SSSR count). The molecule has 0 fully saturated rings. The third-order valence-electron chi connectivity index (χ3n) is 0.870. The van der Waals surface area contributed by atoms with Crippen LogP contribution >= 0.6 is 11.6 Å². The van der Waals surface area contributed by atoms with Gasteiger partial charge in [-0.25, -0.2) is 4.98 Å². The topological polar surface area (TPSA) is 12.9 Å². The van der Waals surface area contributed by atoms with E-state index in [0.29, 0.717) is 10.7 Å². The van der Waals surface area contributed by atoms with Gasteiger partial charge >= 0.3 is 0 Å². The van der Waals surface area contributed by atoms with Crippen LogP contribution in [0.3, 0.4) is 0 Å². The van der Waals surface area contributed by atoms with Crippen LogP contribution in [0.25, 0.3) is 0 Å². The minimum atomic E-state index is 0.572. The molecular weight excluding hydrogens is 134 g/mol. The van der Waals surface area contributed by atoms with Crippen molar-refractivity contribution in [2.45, 2.75) is 0 Å². The van der Waals surface area contributed by atoms with Crippen LogP contribution in [-0.4, -0.2) is 4.98 Å². The van der Waals surface area contributed by atoms with Crippen molar-refractivity contribution in [2.24, 2.45) is 0 Å². The molecule has 0 radical (unpaired) electrons. The molecule has 0 N–H and O–H groups in total. The first kappa shape index (κ1) is 6.12. The summed E-state index contributed by atoms with van der Waals surface area (Å²) < 4.78 is 0. The van der Waals surface area contributed by atoms with Crippen LogP contribution < -0.4 is 0 Å². The first-order valence-electron chi connectivity index (χ1n) is 2.41. The van der Waals surface area contributed by atoms with Crippen molar-refractivity contribution < 1.29 is 0 Å². The second-order valence-corrected chi connectivity index (χ2v) is 1.94. The van der Waals surface area contributed by atoms with Crippen LogP contribution in [0.2, 0.25) is 5.02 Å². The molecule has 0 unspecified atom stereocenters. The molecule has 44 valence electrons. The number of nitrogens with zero attached hydrogens (tertiary/aromatic N) is 1. The molecule has 0 aromatic carbocycles. The van der Waals surface area contributed by atoms with Crippen molar-refractivity contribution in [3.63, 3.8) is 0 Å². The lowest BCUT2D eigenvalue weighted by Crippen LogP contribution is -1.77. The van der Waals surface area contributed by atoms with E-state index >= 15 is 0 Å². The summed E-state index contributed by atoms with van der Waals surface area (Å²) in [6.45, 7) is 0. The van der Waals surface area contributed by atoms with Gasteiger partial charge < -0.3 is 0 Å². The zero-order valence-corrected chi connectivity index (χ0v) is 5.39. The summed E-state index contributed by atoms with van der Waals surface area (Å²) in [6.07, 6.45) is 6.63. The van der Waals surface area contributed by atoms with Gasteiger partial charge in [-0.2, -0.15) is 0 Å². The van der Waals surface area contributed by atoms with Gasteiger partial charge in [0.25, 0.3) is 0 Å². The molecule has 1 heterocycles. The number of pyridine rings is 1. The normalized spacial score (nSPS) is 8.44. The number of rotatable bonds is 0. The Labute approximate surface area is 58.7 Å². The molecule has 1 nitrogen and oxygen atoms in total. The molecule has 0 spiro atoms. The maximum Gasteiger partial charge on any atom is 0.114 e. The fraction of sp³-hybridized carbons (Fsp3) is 0. The molecule has 0 aliphatic heterocycles. The quantitative estimate of drug-likeness (QED) is 0.496. The van der Waals surface area contributed by atoms with Gasteiger partial charge in [-0.05, 0) is 12.1 Å². The second kappa shape index (κ2) is 2.52. The van der Waals surface area contributed by atoms with Crippen LogP contribution in [-0.2, 0) is 0 Å². The number of terminal acetylenes is 1. The van der Waals surface area contributed by atoms with Crippen molar-refractivity contribution in [2.75, 3.05) is 0 Å². The first-order chi connectivity index (χ1) is 4.33. The van der Waals surface area contributed by atoms with Crippen LogP contribution in [0.4, 0.5) is 0 Å². The highest BCUT2D eigenvalue weighted by atomic mass is 35.5. The van der Waals surface area contributed by atoms with E-state index in [-0.39, 0.29) is 0 Å². The highest BCUT2D eigenvalue weighted by Crippen LogP contribution is 2.06. The predicted molar refractivity (Wildman–Crippen MR) is 37.2 cm³/mol. The fourth-order valence-electron chi connectivity index (χ4n) is 0.484. The summed E-state index contributed by atoms with van der Waals surface area (Å²) in [5, 5.41) is 0.623. The molecule has 0 atom stereocenters. The van der Waals surface area contributed by atoms with E-state index in [9.17, 15) is 0 Å². The Morgan fingerprint density at radius 3 is 2.89 bits per heavy atom. The monoisotopic (exact) mass is 137 g/mol. The van der Waals surface area contributed by atoms with Crippen LogP contribution in [0.1, 0.15) is 5.69 Å². The van der Waals surface area contributed by atoms with Crippen molar-refractivity contribution in [1.82, 2.24) is 4.98 Å². The van der Waals surface area contributed by atoms with Gasteiger partial charge in [0.1, 0.15) is 5.69 Å². The van der Waals surface area contributed by atoms with Gasteiger partial charge in [0.2, 0.25) is 0 Å². The molecule has 0 saturated carbocycles. The molecule has 0 aliphatic rings. The van der Waals surface area contributed by atoms with Crippen molar-refractivity contribution >= 4 is 11.6 Å². The second-order valence-electron chi connectivity index (χ2n) is 1.50. The van der Waals surface area contributed by atoms with Gasteiger partial charge in [-0.1, -0.05) is 17.5 Å². The number of halogens is 1. The van der Waals surface area contributed by atoms with Crippen LogP contribution in [0.5, 0.6) is 0 Å². The van der Waals surface area contributed by atoms with E-state index in [1.165, 1.54) is 0 Å². The summed E-state index contributed by atoms with van der Waals surface area (Å²) in [7, 11) is 0. The Kier molecular flexibility index (Phi) is 1.72. The van der Waals surface area contributed by atoms with Crippen LogP contribution in [0, 0.1) is 12.3 Å². The van der Waals surface area contributed by atoms with Crippen molar-refractivity contribution in [1.29, 1.82) is 0 Å².